The fourth-order valence-electron chi connectivity index (χ4n) is 1.41. The Labute approximate surface area is 125 Å². The van der Waals surface area contributed by atoms with Crippen LogP contribution in [0.1, 0.15) is 12.0 Å². The van der Waals surface area contributed by atoms with E-state index < -0.39 is 11.7 Å². The molecule has 1 aromatic carbocycles. The molecule has 0 bridgehead atoms. The van der Waals surface area contributed by atoms with Crippen LogP contribution in [0.5, 0.6) is 0 Å². The van der Waals surface area contributed by atoms with Crippen molar-refractivity contribution in [1.29, 1.82) is 0 Å². The summed E-state index contributed by atoms with van der Waals surface area (Å²) in [5.74, 6) is 0. The van der Waals surface area contributed by atoms with Gasteiger partial charge in [-0.05, 0) is 36.8 Å². The van der Waals surface area contributed by atoms with Crippen LogP contribution in [0.4, 0.5) is 18.9 Å². The van der Waals surface area contributed by atoms with E-state index in [2.05, 4.69) is 10.6 Å². The van der Waals surface area contributed by atoms with Crippen molar-refractivity contribution in [3.8, 4) is 0 Å². The van der Waals surface area contributed by atoms with Crippen LogP contribution in [-0.2, 0) is 10.9 Å². The van der Waals surface area contributed by atoms with Crippen molar-refractivity contribution < 1.29 is 17.9 Å². The maximum Gasteiger partial charge on any atom is 0.417 e. The first-order chi connectivity index (χ1) is 9.34. The smallest absolute Gasteiger partial charge is 0.385 e. The highest BCUT2D eigenvalue weighted by Crippen LogP contribution is 2.36. The zero-order valence-corrected chi connectivity index (χ0v) is 12.3. The molecule has 0 aliphatic carbocycles. The van der Waals surface area contributed by atoms with Crippen LogP contribution in [0, 0.1) is 0 Å². The van der Waals surface area contributed by atoms with Gasteiger partial charge in [0, 0.05) is 25.9 Å². The number of nitrogens with one attached hydrogen (secondary N) is 2. The average molecular weight is 327 g/mol. The van der Waals surface area contributed by atoms with Crippen LogP contribution in [0.25, 0.3) is 0 Å². The Kier molecular flexibility index (Phi) is 6.51. The summed E-state index contributed by atoms with van der Waals surface area (Å²) in [7, 11) is 1.59. The van der Waals surface area contributed by atoms with Crippen molar-refractivity contribution >= 4 is 34.6 Å². The summed E-state index contributed by atoms with van der Waals surface area (Å²) in [6, 6.07) is 3.53. The Hall–Kier alpha value is -1.05. The van der Waals surface area contributed by atoms with E-state index in [4.69, 9.17) is 28.6 Å². The van der Waals surface area contributed by atoms with E-state index in [0.29, 0.717) is 13.2 Å². The van der Waals surface area contributed by atoms with Gasteiger partial charge >= 0.3 is 6.18 Å². The lowest BCUT2D eigenvalue weighted by atomic mass is 10.2. The zero-order valence-electron chi connectivity index (χ0n) is 10.7. The van der Waals surface area contributed by atoms with E-state index >= 15 is 0 Å². The average Bonchev–Trinajstić information content (AvgIpc) is 2.36. The van der Waals surface area contributed by atoms with Gasteiger partial charge in [-0.25, -0.2) is 0 Å². The summed E-state index contributed by atoms with van der Waals surface area (Å²) < 4.78 is 42.9. The second-order valence-electron chi connectivity index (χ2n) is 3.92. The van der Waals surface area contributed by atoms with E-state index in [1.165, 1.54) is 12.1 Å². The Morgan fingerprint density at radius 1 is 1.40 bits per heavy atom. The molecular weight excluding hydrogens is 313 g/mol. The van der Waals surface area contributed by atoms with Crippen molar-refractivity contribution in [2.24, 2.45) is 0 Å². The Morgan fingerprint density at radius 2 is 2.10 bits per heavy atom. The molecule has 0 aliphatic rings. The lowest BCUT2D eigenvalue weighted by Crippen LogP contribution is -2.29. The Morgan fingerprint density at radius 3 is 2.70 bits per heavy atom. The number of anilines is 1. The molecule has 0 radical (unpaired) electrons. The van der Waals surface area contributed by atoms with Gasteiger partial charge in [0.05, 0.1) is 10.6 Å². The first-order valence-corrected chi connectivity index (χ1v) is 6.53. The molecule has 0 spiro atoms. The summed E-state index contributed by atoms with van der Waals surface area (Å²) in [5, 5.41) is 5.45. The molecule has 8 heteroatoms. The summed E-state index contributed by atoms with van der Waals surface area (Å²) in [4.78, 5) is 0. The predicted octanol–water partition coefficient (Wildman–Crippen LogP) is 3.68. The van der Waals surface area contributed by atoms with Crippen LogP contribution in [0.3, 0.4) is 0 Å². The number of halogens is 4. The molecule has 0 atom stereocenters. The third-order valence-electron chi connectivity index (χ3n) is 2.34. The van der Waals surface area contributed by atoms with Crippen molar-refractivity contribution in [3.05, 3.63) is 28.8 Å². The molecule has 20 heavy (non-hydrogen) atoms. The monoisotopic (exact) mass is 326 g/mol. The second-order valence-corrected chi connectivity index (χ2v) is 4.74. The topological polar surface area (TPSA) is 33.3 Å². The zero-order chi connectivity index (χ0) is 15.2. The number of thiocarbonyl (C=S) groups is 1. The molecule has 1 rings (SSSR count). The number of hydrogen-bond donors (Lipinski definition) is 2. The van der Waals surface area contributed by atoms with Gasteiger partial charge < -0.3 is 15.4 Å². The lowest BCUT2D eigenvalue weighted by molar-refractivity contribution is -0.137. The van der Waals surface area contributed by atoms with E-state index in [9.17, 15) is 13.2 Å². The molecule has 0 saturated heterocycles. The molecule has 112 valence electrons. The molecule has 2 N–H and O–H groups in total. The van der Waals surface area contributed by atoms with E-state index in [1.54, 1.807) is 7.11 Å². The highest BCUT2D eigenvalue weighted by molar-refractivity contribution is 7.80. The third kappa shape index (κ3) is 5.52. The summed E-state index contributed by atoms with van der Waals surface area (Å²) in [6.45, 7) is 1.15. The SMILES string of the molecule is COCCCNC(=S)Nc1ccc(Cl)c(C(F)(F)F)c1. The summed E-state index contributed by atoms with van der Waals surface area (Å²) in [5.41, 5.74) is -0.669. The van der Waals surface area contributed by atoms with Crippen molar-refractivity contribution in [2.75, 3.05) is 25.6 Å². The first-order valence-electron chi connectivity index (χ1n) is 5.75. The maximum atomic E-state index is 12.7. The van der Waals surface area contributed by atoms with Gasteiger partial charge in [-0.3, -0.25) is 0 Å². The molecule has 0 aromatic heterocycles. The van der Waals surface area contributed by atoms with E-state index in [0.717, 1.165) is 12.5 Å². The van der Waals surface area contributed by atoms with Crippen LogP contribution < -0.4 is 10.6 Å². The maximum absolute atomic E-state index is 12.7. The Bertz CT molecular complexity index is 469. The Balaban J connectivity index is 2.62. The molecule has 1 aromatic rings. The lowest BCUT2D eigenvalue weighted by Gasteiger charge is -2.13. The minimum atomic E-state index is -4.50. The van der Waals surface area contributed by atoms with Gasteiger partial charge in [-0.2, -0.15) is 13.2 Å². The number of hydrogen-bond acceptors (Lipinski definition) is 2. The number of benzene rings is 1. The van der Waals surface area contributed by atoms with E-state index in [1.807, 2.05) is 0 Å². The highest BCUT2D eigenvalue weighted by atomic mass is 35.5. The number of rotatable bonds is 5. The van der Waals surface area contributed by atoms with Crippen molar-refractivity contribution in [1.82, 2.24) is 5.32 Å². The minimum Gasteiger partial charge on any atom is -0.385 e. The van der Waals surface area contributed by atoms with Gasteiger partial charge in [-0.1, -0.05) is 11.6 Å². The van der Waals surface area contributed by atoms with Crippen LogP contribution in [-0.4, -0.2) is 25.4 Å². The van der Waals surface area contributed by atoms with Gasteiger partial charge in [0.15, 0.2) is 5.11 Å². The van der Waals surface area contributed by atoms with Gasteiger partial charge in [0.1, 0.15) is 0 Å². The second kappa shape index (κ2) is 7.66. The quantitative estimate of drug-likeness (QED) is 0.639. The molecule has 3 nitrogen and oxygen atoms in total. The molecule has 0 unspecified atom stereocenters. The molecule has 0 aliphatic heterocycles. The van der Waals surface area contributed by atoms with Crippen LogP contribution in [0.2, 0.25) is 5.02 Å². The van der Waals surface area contributed by atoms with Crippen LogP contribution in [0.15, 0.2) is 18.2 Å². The van der Waals surface area contributed by atoms with Gasteiger partial charge in [-0.15, -0.1) is 0 Å². The molecule has 0 saturated carbocycles. The molecule has 0 fully saturated rings. The van der Waals surface area contributed by atoms with Crippen LogP contribution >= 0.6 is 23.8 Å². The van der Waals surface area contributed by atoms with E-state index in [-0.39, 0.29) is 15.8 Å². The summed E-state index contributed by atoms with van der Waals surface area (Å²) >= 11 is 10.5. The number of methoxy groups -OCH3 is 1. The minimum absolute atomic E-state index is 0.228. The third-order valence-corrected chi connectivity index (χ3v) is 2.92. The molecule has 0 amide bonds. The molecule has 0 heterocycles. The summed E-state index contributed by atoms with van der Waals surface area (Å²) in [6.07, 6.45) is -3.75. The highest BCUT2D eigenvalue weighted by Gasteiger charge is 2.33. The fraction of sp³-hybridized carbons (Fsp3) is 0.417. The van der Waals surface area contributed by atoms with Crippen molar-refractivity contribution in [2.45, 2.75) is 12.6 Å². The van der Waals surface area contributed by atoms with Gasteiger partial charge in [0.2, 0.25) is 0 Å². The standard InChI is InChI=1S/C12H14ClF3N2OS/c1-19-6-2-5-17-11(20)18-8-3-4-10(13)9(7-8)12(14,15)16/h3-4,7H,2,5-6H2,1H3,(H2,17,18,20). The normalized spacial score (nSPS) is 11.2. The largest absolute Gasteiger partial charge is 0.417 e. The number of ether oxygens (including phenoxy) is 1. The fourth-order valence-corrected chi connectivity index (χ4v) is 1.86. The molecular formula is C12H14ClF3N2OS. The van der Waals surface area contributed by atoms with Crippen molar-refractivity contribution in [3.63, 3.8) is 0 Å². The van der Waals surface area contributed by atoms with Gasteiger partial charge in [0.25, 0.3) is 0 Å². The number of alkyl halides is 3. The predicted molar refractivity (Wildman–Crippen MR) is 77.2 cm³/mol. The first kappa shape index (κ1) is 17.0.